The molecule has 9 heteroatoms. The molecule has 4 nitrogen and oxygen atoms in total. The van der Waals surface area contributed by atoms with Crippen molar-refractivity contribution in [2.45, 2.75) is 57.8 Å². The van der Waals surface area contributed by atoms with Crippen LogP contribution in [-0.2, 0) is 16.5 Å². The minimum Gasteiger partial charge on any atom is -0.288 e. The van der Waals surface area contributed by atoms with E-state index in [1.807, 2.05) is 13.8 Å². The molecule has 1 N–H and O–H groups in total. The van der Waals surface area contributed by atoms with Crippen molar-refractivity contribution in [2.75, 3.05) is 0 Å². The fourth-order valence-electron chi connectivity index (χ4n) is 3.26. The van der Waals surface area contributed by atoms with Crippen molar-refractivity contribution < 1.29 is 35.3 Å². The number of benzene rings is 2. The minimum atomic E-state index is -5.61. The monoisotopic (exact) mass is 446 g/mol. The molecule has 2 aromatic rings. The number of halogens is 4. The van der Waals surface area contributed by atoms with Gasteiger partial charge < -0.3 is 0 Å². The molecule has 0 spiro atoms. The Morgan fingerprint density at radius 2 is 1.40 bits per heavy atom. The summed E-state index contributed by atoms with van der Waals surface area (Å²) >= 11 is 0. The van der Waals surface area contributed by atoms with Gasteiger partial charge in [-0.1, -0.05) is 46.8 Å². The highest BCUT2D eigenvalue weighted by atomic mass is 32.2. The zero-order chi connectivity index (χ0) is 23.1. The van der Waals surface area contributed by atoms with Gasteiger partial charge in [0.15, 0.2) is 33.9 Å². The van der Waals surface area contributed by atoms with Gasteiger partial charge in [0.05, 0.1) is 0 Å². The lowest BCUT2D eigenvalue weighted by Gasteiger charge is -2.20. The molecule has 2 rings (SSSR count). The maximum absolute atomic E-state index is 14.6. The summed E-state index contributed by atoms with van der Waals surface area (Å²) in [6.07, 6.45) is 0.304. The lowest BCUT2D eigenvalue weighted by atomic mass is 9.84. The maximum Gasteiger partial charge on any atom is 0.300 e. The van der Waals surface area contributed by atoms with E-state index in [1.54, 1.807) is 32.9 Å². The summed E-state index contributed by atoms with van der Waals surface area (Å²) in [7, 11) is -5.61. The quantitative estimate of drug-likeness (QED) is 0.274. The molecular weight excluding hydrogens is 424 g/mol. The predicted octanol–water partition coefficient (Wildman–Crippen LogP) is 5.53. The molecule has 0 radical (unpaired) electrons. The van der Waals surface area contributed by atoms with Crippen molar-refractivity contribution in [3.05, 3.63) is 63.2 Å². The molecule has 30 heavy (non-hydrogen) atoms. The first kappa shape index (κ1) is 24.0. The van der Waals surface area contributed by atoms with Gasteiger partial charge in [0, 0.05) is 5.56 Å². The van der Waals surface area contributed by atoms with Crippen molar-refractivity contribution in [3.63, 3.8) is 0 Å². The Labute approximate surface area is 172 Å². The molecule has 0 heterocycles. The Hall–Kier alpha value is -2.26. The Morgan fingerprint density at radius 3 is 1.77 bits per heavy atom. The molecule has 0 aliphatic rings. The largest absolute Gasteiger partial charge is 0.300 e. The number of aryl methyl sites for hydroxylation is 1. The normalized spacial score (nSPS) is 12.1. The molecular formula is C21H22F4O4S. The van der Waals surface area contributed by atoms with E-state index >= 15 is 0 Å². The number of carbonyl (C=O) groups is 1. The van der Waals surface area contributed by atoms with Gasteiger partial charge >= 0.3 is 10.1 Å². The summed E-state index contributed by atoms with van der Waals surface area (Å²) in [4.78, 5) is 10.9. The fourth-order valence-corrected chi connectivity index (χ4v) is 3.89. The maximum atomic E-state index is 14.6. The van der Waals surface area contributed by atoms with Gasteiger partial charge in [0.2, 0.25) is 0 Å². The summed E-state index contributed by atoms with van der Waals surface area (Å²) in [6.45, 7) is 9.09. The number of hydrogen-bond acceptors (Lipinski definition) is 3. The molecule has 0 aliphatic carbocycles. The van der Waals surface area contributed by atoms with Crippen LogP contribution in [-0.4, -0.2) is 18.8 Å². The smallest absolute Gasteiger partial charge is 0.288 e. The molecule has 2 aromatic carbocycles. The Bertz CT molecular complexity index is 1090. The van der Waals surface area contributed by atoms with Gasteiger partial charge in [-0.15, -0.1) is 0 Å². The van der Waals surface area contributed by atoms with Crippen molar-refractivity contribution >= 4 is 15.9 Å². The van der Waals surface area contributed by atoms with Crippen LogP contribution in [0, 0.1) is 23.3 Å². The Morgan fingerprint density at radius 1 is 0.900 bits per heavy atom. The van der Waals surface area contributed by atoms with Crippen LogP contribution < -0.4 is 0 Å². The Kier molecular flexibility index (Phi) is 6.78. The molecule has 0 fully saturated rings. The predicted molar refractivity (Wildman–Crippen MR) is 104 cm³/mol. The molecule has 0 saturated carbocycles. The molecule has 164 valence electrons. The summed E-state index contributed by atoms with van der Waals surface area (Å²) in [5, 5.41) is 0. The highest BCUT2D eigenvalue weighted by Crippen LogP contribution is 2.34. The van der Waals surface area contributed by atoms with Crippen molar-refractivity contribution in [1.82, 2.24) is 0 Å². The van der Waals surface area contributed by atoms with Gasteiger partial charge in [-0.25, -0.2) is 17.6 Å². The van der Waals surface area contributed by atoms with Gasteiger partial charge in [0.25, 0.3) is 0 Å². The molecule has 0 saturated heterocycles. The third-order valence-corrected chi connectivity index (χ3v) is 5.75. The van der Waals surface area contributed by atoms with Crippen molar-refractivity contribution in [2.24, 2.45) is 0 Å². The first-order chi connectivity index (χ1) is 13.7. The van der Waals surface area contributed by atoms with Crippen LogP contribution in [0.25, 0.3) is 0 Å². The van der Waals surface area contributed by atoms with Gasteiger partial charge in [0.1, 0.15) is 5.56 Å². The van der Waals surface area contributed by atoms with Gasteiger partial charge in [-0.3, -0.25) is 9.35 Å². The lowest BCUT2D eigenvalue weighted by molar-refractivity contribution is 0.102. The molecule has 0 aromatic heterocycles. The molecule has 0 bridgehead atoms. The number of ketones is 1. The molecule has 0 amide bonds. The van der Waals surface area contributed by atoms with Crippen LogP contribution in [0.3, 0.4) is 0 Å². The second-order valence-electron chi connectivity index (χ2n) is 7.57. The first-order valence-corrected chi connectivity index (χ1v) is 10.7. The van der Waals surface area contributed by atoms with E-state index in [9.17, 15) is 30.8 Å². The van der Waals surface area contributed by atoms with Crippen LogP contribution in [0.4, 0.5) is 17.6 Å². The minimum absolute atomic E-state index is 0.0897. The van der Waals surface area contributed by atoms with Crippen LogP contribution >= 0.6 is 0 Å². The van der Waals surface area contributed by atoms with Crippen LogP contribution in [0.15, 0.2) is 17.0 Å². The zero-order valence-corrected chi connectivity index (χ0v) is 17.9. The van der Waals surface area contributed by atoms with Gasteiger partial charge in [-0.05, 0) is 34.9 Å². The molecule has 0 atom stereocenters. The topological polar surface area (TPSA) is 71.4 Å². The summed E-state index contributed by atoms with van der Waals surface area (Å²) in [6, 6.07) is 3.40. The highest BCUT2D eigenvalue weighted by Gasteiger charge is 2.36. The first-order valence-electron chi connectivity index (χ1n) is 9.28. The van der Waals surface area contributed by atoms with E-state index in [2.05, 4.69) is 0 Å². The van der Waals surface area contributed by atoms with E-state index < -0.39 is 49.6 Å². The zero-order valence-electron chi connectivity index (χ0n) is 17.1. The highest BCUT2D eigenvalue weighted by molar-refractivity contribution is 7.85. The molecule has 0 aliphatic heterocycles. The number of hydrogen-bond donors (Lipinski definition) is 1. The molecule has 0 unspecified atom stereocenters. The van der Waals surface area contributed by atoms with E-state index in [4.69, 9.17) is 4.55 Å². The lowest BCUT2D eigenvalue weighted by Crippen LogP contribution is -2.19. The average Bonchev–Trinajstić information content (AvgIpc) is 2.64. The van der Waals surface area contributed by atoms with Crippen LogP contribution in [0.2, 0.25) is 0 Å². The van der Waals surface area contributed by atoms with Crippen molar-refractivity contribution in [3.8, 4) is 0 Å². The third kappa shape index (κ3) is 4.13. The van der Waals surface area contributed by atoms with E-state index in [-0.39, 0.29) is 17.4 Å². The Balaban J connectivity index is 2.91. The third-order valence-electron chi connectivity index (χ3n) is 4.88. The summed E-state index contributed by atoms with van der Waals surface area (Å²) in [5.74, 6) is -10.6. The van der Waals surface area contributed by atoms with E-state index in [0.29, 0.717) is 17.5 Å². The van der Waals surface area contributed by atoms with E-state index in [1.165, 1.54) is 0 Å². The van der Waals surface area contributed by atoms with Gasteiger partial charge in [-0.2, -0.15) is 8.42 Å². The fraction of sp³-hybridized carbons (Fsp3) is 0.381. The second kappa shape index (κ2) is 8.47. The number of rotatable bonds is 6. The SMILES string of the molecule is CCc1cc(C(C)C)cc(C(C)C)c1C(=O)c1c(F)c(F)c(S(=O)(=O)O)c(F)c1F. The average molecular weight is 446 g/mol. The van der Waals surface area contributed by atoms with E-state index in [0.717, 1.165) is 5.56 Å². The van der Waals surface area contributed by atoms with Crippen molar-refractivity contribution in [1.29, 1.82) is 0 Å². The standard InChI is InChI=1S/C21H22F4O4S/c1-6-11-7-12(9(2)3)8-13(10(4)5)14(11)20(26)15-16(22)18(24)21(30(27,28)29)19(25)17(15)23/h7-10H,6H2,1-5H3,(H,27,28,29). The second-order valence-corrected chi connectivity index (χ2v) is 8.93. The summed E-state index contributed by atoms with van der Waals surface area (Å²) < 4.78 is 88.7. The summed E-state index contributed by atoms with van der Waals surface area (Å²) in [5.41, 5.74) is 0.126. The van der Waals surface area contributed by atoms with Crippen LogP contribution in [0.5, 0.6) is 0 Å². The van der Waals surface area contributed by atoms with Crippen LogP contribution in [0.1, 0.15) is 79.1 Å². The number of carbonyl (C=O) groups excluding carboxylic acids is 1.